The van der Waals surface area contributed by atoms with Crippen molar-refractivity contribution in [3.8, 4) is 16.9 Å². The fourth-order valence-corrected chi connectivity index (χ4v) is 4.92. The van der Waals surface area contributed by atoms with Gasteiger partial charge >= 0.3 is 0 Å². The van der Waals surface area contributed by atoms with Gasteiger partial charge in [0.25, 0.3) is 0 Å². The Morgan fingerprint density at radius 3 is 2.80 bits per heavy atom. The van der Waals surface area contributed by atoms with E-state index in [2.05, 4.69) is 70.2 Å². The van der Waals surface area contributed by atoms with Gasteiger partial charge in [-0.05, 0) is 78.9 Å². The summed E-state index contributed by atoms with van der Waals surface area (Å²) in [7, 11) is 0. The second-order valence-corrected chi connectivity index (χ2v) is 8.21. The number of ether oxygens (including phenoxy) is 2. The van der Waals surface area contributed by atoms with Gasteiger partial charge in [-0.2, -0.15) is 0 Å². The van der Waals surface area contributed by atoms with E-state index < -0.39 is 0 Å². The van der Waals surface area contributed by atoms with Crippen molar-refractivity contribution >= 4 is 21.7 Å². The van der Waals surface area contributed by atoms with Gasteiger partial charge in [-0.3, -0.25) is 4.98 Å². The fraction of sp³-hybridized carbons (Fsp3) is 0.296. The van der Waals surface area contributed by atoms with Crippen molar-refractivity contribution in [2.24, 2.45) is 0 Å². The maximum absolute atomic E-state index is 6.10. The molecular formula is C27H27NO2. The third-order valence-corrected chi connectivity index (χ3v) is 6.21. The topological polar surface area (TPSA) is 31.4 Å². The van der Waals surface area contributed by atoms with Crippen molar-refractivity contribution in [1.82, 2.24) is 4.98 Å². The van der Waals surface area contributed by atoms with Crippen molar-refractivity contribution in [2.45, 2.75) is 40.2 Å². The SMILES string of the molecule is CCOC(C)c1c(C)cc2ccc(C)cc2c1-c1ccc2c3c(ccnc13)CCO2. The zero-order chi connectivity index (χ0) is 20.8. The molecule has 5 rings (SSSR count). The average Bonchev–Trinajstić information content (AvgIpc) is 2.74. The standard InChI is InChI=1S/C27H27NO2/c1-5-29-18(4)24-17(3)15-20-7-6-16(2)14-22(20)26(24)21-8-9-23-25-19(11-13-30-23)10-12-28-27(21)25/h6-10,12,14-15,18H,5,11,13H2,1-4H3. The Morgan fingerprint density at radius 1 is 1.10 bits per heavy atom. The fourth-order valence-electron chi connectivity index (χ4n) is 4.92. The molecule has 0 fully saturated rings. The zero-order valence-electron chi connectivity index (χ0n) is 18.1. The van der Waals surface area contributed by atoms with E-state index in [1.54, 1.807) is 0 Å². The number of pyridine rings is 1. The van der Waals surface area contributed by atoms with Crippen LogP contribution in [0.5, 0.6) is 5.75 Å². The molecule has 0 radical (unpaired) electrons. The molecule has 152 valence electrons. The number of aromatic nitrogens is 1. The summed E-state index contributed by atoms with van der Waals surface area (Å²) in [5.41, 5.74) is 8.46. The quantitative estimate of drug-likeness (QED) is 0.384. The van der Waals surface area contributed by atoms with Crippen LogP contribution >= 0.6 is 0 Å². The molecule has 3 heteroatoms. The predicted molar refractivity (Wildman–Crippen MR) is 123 cm³/mol. The molecule has 2 heterocycles. The number of benzene rings is 3. The minimum absolute atomic E-state index is 0.00280. The molecule has 0 saturated heterocycles. The molecule has 1 aliphatic rings. The molecule has 0 bridgehead atoms. The molecule has 3 nitrogen and oxygen atoms in total. The van der Waals surface area contributed by atoms with Crippen molar-refractivity contribution in [1.29, 1.82) is 0 Å². The summed E-state index contributed by atoms with van der Waals surface area (Å²) in [6.07, 6.45) is 2.85. The molecule has 1 aliphatic heterocycles. The lowest BCUT2D eigenvalue weighted by Crippen LogP contribution is -2.10. The van der Waals surface area contributed by atoms with Crippen LogP contribution in [0.4, 0.5) is 0 Å². The van der Waals surface area contributed by atoms with Gasteiger partial charge in [-0.1, -0.05) is 29.8 Å². The van der Waals surface area contributed by atoms with Crippen LogP contribution in [0.2, 0.25) is 0 Å². The van der Waals surface area contributed by atoms with Gasteiger partial charge in [0.15, 0.2) is 0 Å². The molecule has 1 unspecified atom stereocenters. The summed E-state index contributed by atoms with van der Waals surface area (Å²) >= 11 is 0. The summed E-state index contributed by atoms with van der Waals surface area (Å²) in [6.45, 7) is 9.96. The van der Waals surface area contributed by atoms with E-state index in [1.165, 1.54) is 38.6 Å². The number of aryl methyl sites for hydroxylation is 2. The molecule has 1 atom stereocenters. The maximum atomic E-state index is 6.10. The molecule has 4 aromatic rings. The Labute approximate surface area is 177 Å². The number of hydrogen-bond donors (Lipinski definition) is 0. The van der Waals surface area contributed by atoms with E-state index in [1.807, 2.05) is 6.20 Å². The first kappa shape index (κ1) is 19.1. The first-order chi connectivity index (χ1) is 14.6. The van der Waals surface area contributed by atoms with Gasteiger partial charge in [0.2, 0.25) is 0 Å². The lowest BCUT2D eigenvalue weighted by Gasteiger charge is -2.24. The smallest absolute Gasteiger partial charge is 0.129 e. The minimum atomic E-state index is -0.00280. The van der Waals surface area contributed by atoms with Gasteiger partial charge in [0.1, 0.15) is 5.75 Å². The second-order valence-electron chi connectivity index (χ2n) is 8.21. The van der Waals surface area contributed by atoms with Crippen LogP contribution in [0.15, 0.2) is 48.7 Å². The summed E-state index contributed by atoms with van der Waals surface area (Å²) in [6, 6.07) is 15.4. The highest BCUT2D eigenvalue weighted by Gasteiger charge is 2.23. The van der Waals surface area contributed by atoms with E-state index in [9.17, 15) is 0 Å². The van der Waals surface area contributed by atoms with Crippen molar-refractivity contribution in [3.63, 3.8) is 0 Å². The van der Waals surface area contributed by atoms with Gasteiger partial charge in [-0.15, -0.1) is 0 Å². The highest BCUT2D eigenvalue weighted by Crippen LogP contribution is 2.44. The largest absolute Gasteiger partial charge is 0.493 e. The molecule has 0 aliphatic carbocycles. The number of fused-ring (bicyclic) bond motifs is 1. The van der Waals surface area contributed by atoms with Crippen LogP contribution in [-0.2, 0) is 11.2 Å². The lowest BCUT2D eigenvalue weighted by atomic mass is 9.85. The van der Waals surface area contributed by atoms with Gasteiger partial charge in [0, 0.05) is 30.2 Å². The number of hydrogen-bond acceptors (Lipinski definition) is 3. The van der Waals surface area contributed by atoms with Gasteiger partial charge in [-0.25, -0.2) is 0 Å². The second kappa shape index (κ2) is 7.41. The molecule has 0 saturated carbocycles. The molecule has 30 heavy (non-hydrogen) atoms. The highest BCUT2D eigenvalue weighted by atomic mass is 16.5. The first-order valence-electron chi connectivity index (χ1n) is 10.8. The molecule has 0 N–H and O–H groups in total. The van der Waals surface area contributed by atoms with Crippen LogP contribution in [0.3, 0.4) is 0 Å². The van der Waals surface area contributed by atoms with E-state index in [0.717, 1.165) is 35.2 Å². The summed E-state index contributed by atoms with van der Waals surface area (Å²) in [5, 5.41) is 3.65. The Kier molecular flexibility index (Phi) is 4.71. The Balaban J connectivity index is 1.92. The Hall–Kier alpha value is -2.91. The molecule has 0 amide bonds. The van der Waals surface area contributed by atoms with Crippen molar-refractivity contribution in [3.05, 3.63) is 70.9 Å². The summed E-state index contributed by atoms with van der Waals surface area (Å²) in [4.78, 5) is 4.85. The predicted octanol–water partition coefficient (Wildman–Crippen LogP) is 6.70. The third-order valence-electron chi connectivity index (χ3n) is 6.21. The maximum Gasteiger partial charge on any atom is 0.129 e. The lowest BCUT2D eigenvalue weighted by molar-refractivity contribution is 0.0764. The Bertz CT molecular complexity index is 1270. The average molecular weight is 398 g/mol. The van der Waals surface area contributed by atoms with Crippen LogP contribution in [0.25, 0.3) is 32.8 Å². The molecule has 3 aromatic carbocycles. The van der Waals surface area contributed by atoms with E-state index >= 15 is 0 Å². The van der Waals surface area contributed by atoms with Crippen LogP contribution in [0.1, 0.15) is 42.2 Å². The summed E-state index contributed by atoms with van der Waals surface area (Å²) in [5.74, 6) is 0.940. The van der Waals surface area contributed by atoms with Crippen LogP contribution < -0.4 is 4.74 Å². The zero-order valence-corrected chi connectivity index (χ0v) is 18.1. The van der Waals surface area contributed by atoms with Crippen LogP contribution in [0, 0.1) is 13.8 Å². The van der Waals surface area contributed by atoms with E-state index in [4.69, 9.17) is 14.5 Å². The molecule has 0 spiro atoms. The minimum Gasteiger partial charge on any atom is -0.493 e. The number of rotatable bonds is 4. The number of nitrogens with zero attached hydrogens (tertiary/aromatic N) is 1. The van der Waals surface area contributed by atoms with Gasteiger partial charge < -0.3 is 9.47 Å². The van der Waals surface area contributed by atoms with Crippen LogP contribution in [-0.4, -0.2) is 18.2 Å². The molecule has 1 aromatic heterocycles. The van der Waals surface area contributed by atoms with Crippen molar-refractivity contribution < 1.29 is 9.47 Å². The van der Waals surface area contributed by atoms with Gasteiger partial charge in [0.05, 0.1) is 18.2 Å². The van der Waals surface area contributed by atoms with Crippen molar-refractivity contribution in [2.75, 3.05) is 13.2 Å². The normalized spacial score (nSPS) is 14.1. The summed E-state index contributed by atoms with van der Waals surface area (Å²) < 4.78 is 12.1. The van der Waals surface area contributed by atoms with E-state index in [0.29, 0.717) is 6.61 Å². The third kappa shape index (κ3) is 2.96. The highest BCUT2D eigenvalue weighted by molar-refractivity contribution is 6.08. The first-order valence-corrected chi connectivity index (χ1v) is 10.8. The van der Waals surface area contributed by atoms with E-state index in [-0.39, 0.29) is 6.10 Å². The molecular weight excluding hydrogens is 370 g/mol. The Morgan fingerprint density at radius 2 is 1.97 bits per heavy atom. The monoisotopic (exact) mass is 397 g/mol.